The van der Waals surface area contributed by atoms with E-state index in [1.165, 1.54) is 26.1 Å². The van der Waals surface area contributed by atoms with E-state index in [0.717, 1.165) is 18.5 Å². The van der Waals surface area contributed by atoms with E-state index >= 15 is 0 Å². The first-order valence-electron chi connectivity index (χ1n) is 9.16. The van der Waals surface area contributed by atoms with Gasteiger partial charge in [-0.05, 0) is 51.2 Å². The molecule has 1 atom stereocenters. The van der Waals surface area contributed by atoms with Crippen molar-refractivity contribution >= 4 is 39.4 Å². The molecule has 0 saturated carbocycles. The van der Waals surface area contributed by atoms with Crippen LogP contribution in [0.25, 0.3) is 10.8 Å². The van der Waals surface area contributed by atoms with Crippen molar-refractivity contribution in [3.63, 3.8) is 0 Å². The number of rotatable bonds is 3. The van der Waals surface area contributed by atoms with Crippen LogP contribution in [0.2, 0.25) is 0 Å². The second-order valence-corrected chi connectivity index (χ2v) is 8.89. The topological polar surface area (TPSA) is 20.3 Å². The van der Waals surface area contributed by atoms with E-state index < -0.39 is 0 Å². The lowest BCUT2D eigenvalue weighted by molar-refractivity contribution is -0.132. The molecule has 2 aromatic heterocycles. The van der Waals surface area contributed by atoms with Crippen molar-refractivity contribution < 1.29 is 4.79 Å². The normalized spacial score (nSPS) is 16.4. The van der Waals surface area contributed by atoms with Crippen molar-refractivity contribution in [1.82, 2.24) is 4.90 Å². The summed E-state index contributed by atoms with van der Waals surface area (Å²) in [5, 5.41) is 6.66. The van der Waals surface area contributed by atoms with Gasteiger partial charge in [-0.1, -0.05) is 48.5 Å². The molecule has 134 valence electrons. The number of thiophene rings is 2. The molecule has 0 spiro atoms. The quantitative estimate of drug-likeness (QED) is 0.441. The van der Waals surface area contributed by atoms with Gasteiger partial charge in [0.2, 0.25) is 5.91 Å². The van der Waals surface area contributed by atoms with Gasteiger partial charge in [-0.15, -0.1) is 22.7 Å². The molecule has 3 heterocycles. The summed E-state index contributed by atoms with van der Waals surface area (Å²) in [6, 6.07) is 21.1. The third-order valence-corrected chi connectivity index (χ3v) is 7.19. The Morgan fingerprint density at radius 2 is 1.85 bits per heavy atom. The highest BCUT2D eigenvalue weighted by Gasteiger charge is 2.33. The van der Waals surface area contributed by atoms with E-state index in [9.17, 15) is 4.79 Å². The molecule has 1 amide bonds. The molecule has 2 aromatic carbocycles. The molecule has 1 unspecified atom stereocenters. The summed E-state index contributed by atoms with van der Waals surface area (Å²) in [6.07, 6.45) is 1.41. The highest BCUT2D eigenvalue weighted by molar-refractivity contribution is 7.10. The Balaban J connectivity index is 1.46. The fraction of sp³-hybridized carbons (Fsp3) is 0.174. The van der Waals surface area contributed by atoms with Crippen LogP contribution in [0.15, 0.2) is 71.4 Å². The lowest BCUT2D eigenvalue weighted by Crippen LogP contribution is -2.40. The van der Waals surface area contributed by atoms with Crippen LogP contribution >= 0.6 is 22.7 Å². The summed E-state index contributed by atoms with van der Waals surface area (Å²) in [7, 11) is 0. The number of carbonyl (C=O) groups is 1. The Hall–Kier alpha value is -2.43. The van der Waals surface area contributed by atoms with Gasteiger partial charge in [0.05, 0.1) is 12.5 Å². The van der Waals surface area contributed by atoms with E-state index in [-0.39, 0.29) is 11.9 Å². The first-order chi connectivity index (χ1) is 13.3. The Labute approximate surface area is 166 Å². The number of amides is 1. The van der Waals surface area contributed by atoms with Crippen LogP contribution in [0.4, 0.5) is 0 Å². The summed E-state index contributed by atoms with van der Waals surface area (Å²) in [5.74, 6) is 0.209. The molecule has 0 aliphatic carbocycles. The van der Waals surface area contributed by atoms with Gasteiger partial charge < -0.3 is 4.90 Å². The van der Waals surface area contributed by atoms with E-state index in [1.807, 2.05) is 23.5 Å². The number of carbonyl (C=O) groups excluding carboxylic acids is 1. The molecule has 0 N–H and O–H groups in total. The average molecular weight is 390 g/mol. The Morgan fingerprint density at radius 1 is 0.963 bits per heavy atom. The maximum atomic E-state index is 13.3. The zero-order valence-electron chi connectivity index (χ0n) is 14.8. The molecule has 4 aromatic rings. The Morgan fingerprint density at radius 3 is 2.70 bits per heavy atom. The fourth-order valence-corrected chi connectivity index (χ4v) is 5.72. The summed E-state index contributed by atoms with van der Waals surface area (Å²) in [5.41, 5.74) is 2.39. The Kier molecular flexibility index (Phi) is 4.30. The van der Waals surface area contributed by atoms with Crippen LogP contribution in [-0.2, 0) is 17.6 Å². The molecular weight excluding hydrogens is 370 g/mol. The minimum Gasteiger partial charge on any atom is -0.330 e. The molecular formula is C23H19NOS2. The van der Waals surface area contributed by atoms with Crippen molar-refractivity contribution in [2.24, 2.45) is 0 Å². The largest absolute Gasteiger partial charge is 0.330 e. The van der Waals surface area contributed by atoms with Crippen molar-refractivity contribution in [1.29, 1.82) is 0 Å². The molecule has 4 heteroatoms. The highest BCUT2D eigenvalue weighted by atomic mass is 32.1. The minimum atomic E-state index is 0.0629. The second kappa shape index (κ2) is 6.95. The van der Waals surface area contributed by atoms with Crippen LogP contribution < -0.4 is 0 Å². The zero-order valence-corrected chi connectivity index (χ0v) is 16.4. The maximum absolute atomic E-state index is 13.3. The lowest BCUT2D eigenvalue weighted by Gasteiger charge is -2.35. The predicted molar refractivity (Wildman–Crippen MR) is 114 cm³/mol. The monoisotopic (exact) mass is 389 g/mol. The SMILES string of the molecule is O=C(Cc1ccc2ccccc2c1)N1CCc2sccc2C1c1cccs1. The van der Waals surface area contributed by atoms with E-state index in [2.05, 4.69) is 64.2 Å². The minimum absolute atomic E-state index is 0.0629. The van der Waals surface area contributed by atoms with Gasteiger partial charge in [0.25, 0.3) is 0 Å². The molecule has 0 fully saturated rings. The first kappa shape index (κ1) is 16.7. The van der Waals surface area contributed by atoms with Crippen LogP contribution in [0.3, 0.4) is 0 Å². The molecule has 2 nitrogen and oxygen atoms in total. The maximum Gasteiger partial charge on any atom is 0.227 e. The molecule has 0 bridgehead atoms. The molecule has 5 rings (SSSR count). The summed E-state index contributed by atoms with van der Waals surface area (Å²) >= 11 is 3.55. The standard InChI is InChI=1S/C23H19NOS2/c25-22(15-16-7-8-17-4-1-2-5-18(17)14-16)24-11-9-20-19(10-13-27-20)23(24)21-6-3-12-26-21/h1-8,10,12-14,23H,9,11,15H2. The number of hydrogen-bond donors (Lipinski definition) is 0. The fourth-order valence-electron chi connectivity index (χ4n) is 3.96. The highest BCUT2D eigenvalue weighted by Crippen LogP contribution is 2.39. The third-order valence-electron chi connectivity index (χ3n) is 5.27. The number of benzene rings is 2. The van der Waals surface area contributed by atoms with Gasteiger partial charge in [0.1, 0.15) is 0 Å². The van der Waals surface area contributed by atoms with Gasteiger partial charge in [0.15, 0.2) is 0 Å². The predicted octanol–water partition coefficient (Wildman–Crippen LogP) is 5.68. The molecule has 0 radical (unpaired) electrons. The smallest absolute Gasteiger partial charge is 0.227 e. The van der Waals surface area contributed by atoms with Crippen LogP contribution in [-0.4, -0.2) is 17.4 Å². The van der Waals surface area contributed by atoms with Crippen LogP contribution in [0, 0.1) is 0 Å². The number of hydrogen-bond acceptors (Lipinski definition) is 3. The van der Waals surface area contributed by atoms with Gasteiger partial charge in [0, 0.05) is 16.3 Å². The van der Waals surface area contributed by atoms with E-state index in [4.69, 9.17) is 0 Å². The molecule has 27 heavy (non-hydrogen) atoms. The summed E-state index contributed by atoms with van der Waals surface area (Å²) in [6.45, 7) is 0.794. The van der Waals surface area contributed by atoms with Crippen molar-refractivity contribution in [2.75, 3.05) is 6.54 Å². The summed E-state index contributed by atoms with van der Waals surface area (Å²) in [4.78, 5) is 18.0. The number of nitrogens with zero attached hydrogens (tertiary/aromatic N) is 1. The molecule has 0 saturated heterocycles. The van der Waals surface area contributed by atoms with Gasteiger partial charge in [-0.25, -0.2) is 0 Å². The number of fused-ring (bicyclic) bond motifs is 2. The van der Waals surface area contributed by atoms with Crippen molar-refractivity contribution in [2.45, 2.75) is 18.9 Å². The van der Waals surface area contributed by atoms with E-state index in [0.29, 0.717) is 6.42 Å². The zero-order chi connectivity index (χ0) is 18.2. The molecule has 1 aliphatic rings. The van der Waals surface area contributed by atoms with Gasteiger partial charge in [-0.2, -0.15) is 0 Å². The summed E-state index contributed by atoms with van der Waals surface area (Å²) < 4.78 is 0. The van der Waals surface area contributed by atoms with E-state index in [1.54, 1.807) is 11.3 Å². The lowest BCUT2D eigenvalue weighted by atomic mass is 9.97. The van der Waals surface area contributed by atoms with Crippen LogP contribution in [0.1, 0.15) is 26.9 Å². The second-order valence-electron chi connectivity index (χ2n) is 6.91. The third kappa shape index (κ3) is 3.09. The van der Waals surface area contributed by atoms with Gasteiger partial charge >= 0.3 is 0 Å². The van der Waals surface area contributed by atoms with Crippen molar-refractivity contribution in [3.8, 4) is 0 Å². The van der Waals surface area contributed by atoms with Crippen LogP contribution in [0.5, 0.6) is 0 Å². The Bertz CT molecular complexity index is 1100. The van der Waals surface area contributed by atoms with Gasteiger partial charge in [-0.3, -0.25) is 4.79 Å². The first-order valence-corrected chi connectivity index (χ1v) is 10.9. The van der Waals surface area contributed by atoms with Crippen molar-refractivity contribution in [3.05, 3.63) is 92.3 Å². The average Bonchev–Trinajstić information content (AvgIpc) is 3.38. The molecule has 1 aliphatic heterocycles.